The number of anilines is 2. The number of nitrogens with two attached hydrogens (primary N) is 1. The Hall–Kier alpha value is -2.56. The molecule has 0 aliphatic rings. The predicted octanol–water partition coefficient (Wildman–Crippen LogP) is 3.52. The van der Waals surface area contributed by atoms with E-state index in [1.807, 2.05) is 37.3 Å². The topological polar surface area (TPSA) is 68.8 Å². The molecule has 3 aromatic rings. The van der Waals surface area contributed by atoms with Crippen molar-refractivity contribution in [2.45, 2.75) is 33.2 Å². The highest BCUT2D eigenvalue weighted by Gasteiger charge is 2.12. The van der Waals surface area contributed by atoms with Gasteiger partial charge < -0.3 is 11.1 Å². The number of nitrogens with zero attached hydrogens (tertiary/aromatic N) is 3. The number of hydrogen-bond acceptors (Lipinski definition) is 4. The smallest absolute Gasteiger partial charge is 0.127 e. The van der Waals surface area contributed by atoms with Crippen LogP contribution >= 0.6 is 0 Å². The van der Waals surface area contributed by atoms with Gasteiger partial charge in [-0.2, -0.15) is 5.10 Å². The van der Waals surface area contributed by atoms with Gasteiger partial charge in [0.15, 0.2) is 0 Å². The normalized spacial score (nSPS) is 11.8. The molecule has 0 atom stereocenters. The summed E-state index contributed by atoms with van der Waals surface area (Å²) in [4.78, 5) is 4.69. The molecule has 0 bridgehead atoms. The van der Waals surface area contributed by atoms with Gasteiger partial charge >= 0.3 is 0 Å². The average Bonchev–Trinajstić information content (AvgIpc) is 2.75. The summed E-state index contributed by atoms with van der Waals surface area (Å²) in [7, 11) is 0. The second-order valence-corrected chi connectivity index (χ2v) is 6.54. The van der Waals surface area contributed by atoms with Gasteiger partial charge in [0.2, 0.25) is 0 Å². The third kappa shape index (κ3) is 2.74. The van der Waals surface area contributed by atoms with Crippen LogP contribution in [0.5, 0.6) is 0 Å². The Kier molecular flexibility index (Phi) is 3.28. The third-order valence-corrected chi connectivity index (χ3v) is 3.30. The Labute approximate surface area is 130 Å². The number of aryl methyl sites for hydroxylation is 1. The first-order valence-corrected chi connectivity index (χ1v) is 7.34. The summed E-state index contributed by atoms with van der Waals surface area (Å²) in [5, 5.41) is 8.88. The molecule has 0 spiro atoms. The molecule has 5 nitrogen and oxygen atoms in total. The summed E-state index contributed by atoms with van der Waals surface area (Å²) in [5.41, 5.74) is 8.77. The van der Waals surface area contributed by atoms with Crippen molar-refractivity contribution >= 4 is 22.5 Å². The van der Waals surface area contributed by atoms with Crippen LogP contribution in [0.3, 0.4) is 0 Å². The standard InChI is InChI=1S/C17H21N5/c1-11-10-15(18)22(21-11)14-7-5-6-13-12(14)8-9-16(19-13)20-17(2,3)4/h5-10H,18H2,1-4H3,(H,19,20). The lowest BCUT2D eigenvalue weighted by Gasteiger charge is -2.21. The van der Waals surface area contributed by atoms with E-state index in [2.05, 4.69) is 37.3 Å². The van der Waals surface area contributed by atoms with Crippen molar-refractivity contribution in [1.82, 2.24) is 14.8 Å². The molecular formula is C17H21N5. The fourth-order valence-corrected chi connectivity index (χ4v) is 2.49. The van der Waals surface area contributed by atoms with E-state index in [4.69, 9.17) is 10.7 Å². The molecule has 5 heteroatoms. The summed E-state index contributed by atoms with van der Waals surface area (Å²) < 4.78 is 1.76. The van der Waals surface area contributed by atoms with Gasteiger partial charge in [-0.1, -0.05) is 6.07 Å². The first kappa shape index (κ1) is 14.4. The molecule has 0 aliphatic heterocycles. The molecular weight excluding hydrogens is 274 g/mol. The number of nitrogen functional groups attached to an aromatic ring is 1. The lowest BCUT2D eigenvalue weighted by atomic mass is 10.1. The molecule has 3 N–H and O–H groups in total. The van der Waals surface area contributed by atoms with Gasteiger partial charge in [-0.15, -0.1) is 0 Å². The third-order valence-electron chi connectivity index (χ3n) is 3.30. The molecule has 0 saturated carbocycles. The maximum atomic E-state index is 6.05. The van der Waals surface area contributed by atoms with Crippen LogP contribution in [0.1, 0.15) is 26.5 Å². The van der Waals surface area contributed by atoms with Crippen LogP contribution in [0.25, 0.3) is 16.6 Å². The molecule has 0 fully saturated rings. The average molecular weight is 295 g/mol. The van der Waals surface area contributed by atoms with E-state index in [0.717, 1.165) is 28.1 Å². The molecule has 0 radical (unpaired) electrons. The molecule has 0 saturated heterocycles. The van der Waals surface area contributed by atoms with Gasteiger partial charge in [0.05, 0.1) is 16.9 Å². The van der Waals surface area contributed by atoms with Gasteiger partial charge in [0.1, 0.15) is 11.6 Å². The summed E-state index contributed by atoms with van der Waals surface area (Å²) >= 11 is 0. The van der Waals surface area contributed by atoms with E-state index in [1.54, 1.807) is 4.68 Å². The maximum absolute atomic E-state index is 6.05. The molecule has 0 unspecified atom stereocenters. The van der Waals surface area contributed by atoms with E-state index in [-0.39, 0.29) is 5.54 Å². The monoisotopic (exact) mass is 295 g/mol. The van der Waals surface area contributed by atoms with E-state index in [9.17, 15) is 0 Å². The molecule has 114 valence electrons. The first-order valence-electron chi connectivity index (χ1n) is 7.34. The Morgan fingerprint density at radius 3 is 2.55 bits per heavy atom. The van der Waals surface area contributed by atoms with Gasteiger partial charge in [-0.3, -0.25) is 0 Å². The van der Waals surface area contributed by atoms with Crippen molar-refractivity contribution in [3.63, 3.8) is 0 Å². The number of benzene rings is 1. The van der Waals surface area contributed by atoms with Crippen molar-refractivity contribution in [3.05, 3.63) is 42.1 Å². The lowest BCUT2D eigenvalue weighted by molar-refractivity contribution is 0.631. The van der Waals surface area contributed by atoms with Crippen molar-refractivity contribution in [1.29, 1.82) is 0 Å². The van der Waals surface area contributed by atoms with Crippen molar-refractivity contribution in [3.8, 4) is 5.69 Å². The van der Waals surface area contributed by atoms with Crippen LogP contribution in [0.2, 0.25) is 0 Å². The number of fused-ring (bicyclic) bond motifs is 1. The number of aromatic nitrogens is 3. The summed E-state index contributed by atoms with van der Waals surface area (Å²) in [6.45, 7) is 8.27. The highest BCUT2D eigenvalue weighted by atomic mass is 15.3. The van der Waals surface area contributed by atoms with E-state index < -0.39 is 0 Å². The van der Waals surface area contributed by atoms with Gasteiger partial charge in [-0.25, -0.2) is 9.67 Å². The van der Waals surface area contributed by atoms with Crippen molar-refractivity contribution in [2.24, 2.45) is 0 Å². The molecule has 2 aromatic heterocycles. The molecule has 22 heavy (non-hydrogen) atoms. The highest BCUT2D eigenvalue weighted by molar-refractivity contribution is 5.88. The van der Waals surface area contributed by atoms with Crippen LogP contribution in [-0.2, 0) is 0 Å². The van der Waals surface area contributed by atoms with Gasteiger partial charge in [0.25, 0.3) is 0 Å². The summed E-state index contributed by atoms with van der Waals surface area (Å²) in [5.74, 6) is 1.49. The lowest BCUT2D eigenvalue weighted by Crippen LogP contribution is -2.26. The maximum Gasteiger partial charge on any atom is 0.127 e. The van der Waals surface area contributed by atoms with Crippen molar-refractivity contribution in [2.75, 3.05) is 11.1 Å². The zero-order chi connectivity index (χ0) is 15.9. The quantitative estimate of drug-likeness (QED) is 0.759. The van der Waals surface area contributed by atoms with Crippen molar-refractivity contribution < 1.29 is 0 Å². The summed E-state index contributed by atoms with van der Waals surface area (Å²) in [6.07, 6.45) is 0. The van der Waals surface area contributed by atoms with Crippen LogP contribution in [0.15, 0.2) is 36.4 Å². The minimum atomic E-state index is -0.0260. The number of rotatable bonds is 2. The second kappa shape index (κ2) is 5.02. The molecule has 1 aromatic carbocycles. The zero-order valence-electron chi connectivity index (χ0n) is 13.4. The Morgan fingerprint density at radius 2 is 1.91 bits per heavy atom. The SMILES string of the molecule is Cc1cc(N)n(-c2cccc3nc(NC(C)(C)C)ccc23)n1. The van der Waals surface area contributed by atoms with Crippen LogP contribution in [0.4, 0.5) is 11.6 Å². The second-order valence-electron chi connectivity index (χ2n) is 6.54. The number of nitrogens with one attached hydrogen (secondary N) is 1. The minimum absolute atomic E-state index is 0.0260. The largest absolute Gasteiger partial charge is 0.384 e. The van der Waals surface area contributed by atoms with E-state index in [0.29, 0.717) is 5.82 Å². The van der Waals surface area contributed by atoms with E-state index >= 15 is 0 Å². The molecule has 0 aliphatic carbocycles. The van der Waals surface area contributed by atoms with Crippen LogP contribution < -0.4 is 11.1 Å². The Morgan fingerprint density at radius 1 is 1.14 bits per heavy atom. The minimum Gasteiger partial charge on any atom is -0.384 e. The van der Waals surface area contributed by atoms with E-state index in [1.165, 1.54) is 0 Å². The Bertz CT molecular complexity index is 827. The van der Waals surface area contributed by atoms with Crippen LogP contribution in [0, 0.1) is 6.92 Å². The fraction of sp³-hybridized carbons (Fsp3) is 0.294. The van der Waals surface area contributed by atoms with Crippen LogP contribution in [-0.4, -0.2) is 20.3 Å². The first-order chi connectivity index (χ1) is 10.3. The molecule has 0 amide bonds. The predicted molar refractivity (Wildman–Crippen MR) is 91.4 cm³/mol. The van der Waals surface area contributed by atoms with Gasteiger partial charge in [-0.05, 0) is 52.0 Å². The zero-order valence-corrected chi connectivity index (χ0v) is 13.4. The highest BCUT2D eigenvalue weighted by Crippen LogP contribution is 2.25. The molecule has 3 rings (SSSR count). The number of pyridine rings is 1. The summed E-state index contributed by atoms with van der Waals surface area (Å²) in [6, 6.07) is 11.9. The molecule has 2 heterocycles. The van der Waals surface area contributed by atoms with Gasteiger partial charge in [0, 0.05) is 17.0 Å². The fourth-order valence-electron chi connectivity index (χ4n) is 2.49. The Balaban J connectivity index is 2.12. The number of hydrogen-bond donors (Lipinski definition) is 2.